The molecule has 7 heteroatoms. The summed E-state index contributed by atoms with van der Waals surface area (Å²) < 4.78 is 5.46. The van der Waals surface area contributed by atoms with Crippen molar-refractivity contribution in [1.82, 2.24) is 9.80 Å². The Morgan fingerprint density at radius 2 is 2.12 bits per heavy atom. The van der Waals surface area contributed by atoms with Crippen molar-refractivity contribution in [3.8, 4) is 5.75 Å². The van der Waals surface area contributed by atoms with Gasteiger partial charge < -0.3 is 14.5 Å². The summed E-state index contributed by atoms with van der Waals surface area (Å²) in [5.41, 5.74) is 0.999. The minimum absolute atomic E-state index is 0.0237. The molecule has 0 bridgehead atoms. The number of para-hydroxylation sites is 1. The van der Waals surface area contributed by atoms with Crippen LogP contribution in [-0.2, 0) is 4.79 Å². The van der Waals surface area contributed by atoms with Crippen molar-refractivity contribution in [3.05, 3.63) is 52.2 Å². The molecule has 0 saturated carbocycles. The highest BCUT2D eigenvalue weighted by atomic mass is 32.2. The van der Waals surface area contributed by atoms with Crippen LogP contribution in [0.3, 0.4) is 0 Å². The summed E-state index contributed by atoms with van der Waals surface area (Å²) >= 11 is 3.04. The van der Waals surface area contributed by atoms with Crippen LogP contribution in [0, 0.1) is 0 Å². The van der Waals surface area contributed by atoms with E-state index in [1.54, 1.807) is 23.8 Å². The average Bonchev–Trinajstić information content (AvgIpc) is 3.32. The number of likely N-dealkylation sites (N-methyl/N-ethyl adjacent to an activating group) is 1. The summed E-state index contributed by atoms with van der Waals surface area (Å²) in [4.78, 5) is 29.4. The monoisotopic (exact) mass is 390 g/mol. The van der Waals surface area contributed by atoms with E-state index in [1.807, 2.05) is 53.6 Å². The van der Waals surface area contributed by atoms with E-state index in [4.69, 9.17) is 4.74 Å². The molecule has 0 spiro atoms. The number of hydrogen-bond donors (Lipinski definition) is 0. The maximum Gasteiger partial charge on any atom is 0.263 e. The van der Waals surface area contributed by atoms with E-state index in [9.17, 15) is 9.59 Å². The molecule has 0 aliphatic carbocycles. The minimum Gasteiger partial charge on any atom is -0.496 e. The van der Waals surface area contributed by atoms with E-state index < -0.39 is 0 Å². The first-order valence-corrected chi connectivity index (χ1v) is 10.4. The molecule has 1 aliphatic heterocycles. The number of thiophene rings is 1. The highest BCUT2D eigenvalue weighted by molar-refractivity contribution is 8.00. The Morgan fingerprint density at radius 3 is 2.81 bits per heavy atom. The van der Waals surface area contributed by atoms with Gasteiger partial charge in [0.25, 0.3) is 5.91 Å². The summed E-state index contributed by atoms with van der Waals surface area (Å²) in [5, 5.41) is 1.83. The molecular weight excluding hydrogens is 368 g/mol. The first-order chi connectivity index (χ1) is 12.7. The molecule has 0 radical (unpaired) electrons. The van der Waals surface area contributed by atoms with Gasteiger partial charge >= 0.3 is 0 Å². The third-order valence-corrected chi connectivity index (χ3v) is 6.48. The Kier molecular flexibility index (Phi) is 6.21. The van der Waals surface area contributed by atoms with Crippen LogP contribution in [0.5, 0.6) is 5.75 Å². The molecular formula is C19H22N2O3S2. The van der Waals surface area contributed by atoms with Crippen LogP contribution in [0.25, 0.3) is 0 Å². The highest BCUT2D eigenvalue weighted by Gasteiger charge is 2.34. The first kappa shape index (κ1) is 18.8. The lowest BCUT2D eigenvalue weighted by atomic mass is 10.2. The number of rotatable bonds is 7. The lowest BCUT2D eigenvalue weighted by Gasteiger charge is -2.28. The molecule has 2 aromatic rings. The lowest BCUT2D eigenvalue weighted by Crippen LogP contribution is -2.39. The summed E-state index contributed by atoms with van der Waals surface area (Å²) in [6, 6.07) is 11.5. The number of carbonyl (C=O) groups excluding carboxylic acids is 2. The van der Waals surface area contributed by atoms with Crippen molar-refractivity contribution >= 4 is 34.9 Å². The fraction of sp³-hybridized carbons (Fsp3) is 0.368. The van der Waals surface area contributed by atoms with E-state index in [2.05, 4.69) is 0 Å². The zero-order chi connectivity index (χ0) is 18.5. The molecule has 1 unspecified atom stereocenters. The van der Waals surface area contributed by atoms with Crippen molar-refractivity contribution in [2.45, 2.75) is 12.3 Å². The first-order valence-electron chi connectivity index (χ1n) is 8.52. The number of hydrogen-bond acceptors (Lipinski definition) is 5. The number of nitrogens with zero attached hydrogens (tertiary/aromatic N) is 2. The molecule has 1 saturated heterocycles. The summed E-state index contributed by atoms with van der Waals surface area (Å²) in [6.07, 6.45) is 0. The zero-order valence-electron chi connectivity index (χ0n) is 14.9. The topological polar surface area (TPSA) is 49.9 Å². The molecule has 138 valence electrons. The van der Waals surface area contributed by atoms with Gasteiger partial charge in [-0.15, -0.1) is 23.1 Å². The number of thioether (sulfide) groups is 1. The van der Waals surface area contributed by atoms with Gasteiger partial charge in [-0.2, -0.15) is 0 Å². The number of methoxy groups -OCH3 is 1. The van der Waals surface area contributed by atoms with Crippen LogP contribution >= 0.6 is 23.1 Å². The number of ether oxygens (including phenoxy) is 1. The van der Waals surface area contributed by atoms with Crippen molar-refractivity contribution in [3.63, 3.8) is 0 Å². The Hall–Kier alpha value is -1.99. The van der Waals surface area contributed by atoms with Gasteiger partial charge in [0.1, 0.15) is 11.1 Å². The molecule has 3 rings (SSSR count). The second kappa shape index (κ2) is 8.60. The second-order valence-corrected chi connectivity index (χ2v) is 7.87. The molecule has 1 atom stereocenters. The lowest BCUT2D eigenvalue weighted by molar-refractivity contribution is -0.128. The fourth-order valence-electron chi connectivity index (χ4n) is 3.01. The molecule has 1 fully saturated rings. The molecule has 1 aromatic heterocycles. The quantitative estimate of drug-likeness (QED) is 0.726. The van der Waals surface area contributed by atoms with Crippen molar-refractivity contribution in [1.29, 1.82) is 0 Å². The van der Waals surface area contributed by atoms with E-state index in [-0.39, 0.29) is 17.2 Å². The summed E-state index contributed by atoms with van der Waals surface area (Å²) in [5.74, 6) is 1.36. The SMILES string of the molecule is CCN(CCN1C(=O)CSC1c1ccccc1OC)C(=O)c1cccs1. The second-order valence-electron chi connectivity index (χ2n) is 5.85. The van der Waals surface area contributed by atoms with Crippen LogP contribution in [0.4, 0.5) is 0 Å². The van der Waals surface area contributed by atoms with Crippen LogP contribution in [0.1, 0.15) is 27.5 Å². The Bertz CT molecular complexity index is 764. The Morgan fingerprint density at radius 1 is 1.31 bits per heavy atom. The third-order valence-electron chi connectivity index (χ3n) is 4.38. The van der Waals surface area contributed by atoms with Crippen molar-refractivity contribution in [2.24, 2.45) is 0 Å². The highest BCUT2D eigenvalue weighted by Crippen LogP contribution is 2.42. The Labute approximate surface area is 161 Å². The standard InChI is InChI=1S/C19H22N2O3S2/c1-3-20(18(23)16-9-6-12-25-16)10-11-21-17(22)13-26-19(21)14-7-4-5-8-15(14)24-2/h4-9,12,19H,3,10-11,13H2,1-2H3. The van der Waals surface area contributed by atoms with Crippen molar-refractivity contribution < 1.29 is 14.3 Å². The van der Waals surface area contributed by atoms with Gasteiger partial charge in [0.05, 0.1) is 17.7 Å². The van der Waals surface area contributed by atoms with Gasteiger partial charge in [-0.1, -0.05) is 24.3 Å². The maximum absolute atomic E-state index is 12.6. The summed E-state index contributed by atoms with van der Waals surface area (Å²) in [6.45, 7) is 3.61. The maximum atomic E-state index is 12.6. The van der Waals surface area contributed by atoms with Gasteiger partial charge in [0.2, 0.25) is 5.91 Å². The Balaban J connectivity index is 1.72. The van der Waals surface area contributed by atoms with Crippen molar-refractivity contribution in [2.75, 3.05) is 32.5 Å². The summed E-state index contributed by atoms with van der Waals surface area (Å²) in [7, 11) is 1.64. The molecule has 0 N–H and O–H groups in total. The van der Waals surface area contributed by atoms with E-state index in [1.165, 1.54) is 11.3 Å². The molecule has 2 amide bonds. The number of amides is 2. The minimum atomic E-state index is -0.0748. The van der Waals surface area contributed by atoms with Crippen LogP contribution < -0.4 is 4.74 Å². The van der Waals surface area contributed by atoms with Crippen LogP contribution in [0.2, 0.25) is 0 Å². The van der Waals surface area contributed by atoms with E-state index >= 15 is 0 Å². The molecule has 1 aromatic carbocycles. The molecule has 26 heavy (non-hydrogen) atoms. The third kappa shape index (κ3) is 3.88. The average molecular weight is 391 g/mol. The number of benzene rings is 1. The van der Waals surface area contributed by atoms with E-state index in [0.29, 0.717) is 25.4 Å². The van der Waals surface area contributed by atoms with Gasteiger partial charge in [0.15, 0.2) is 0 Å². The molecule has 1 aliphatic rings. The van der Waals surface area contributed by atoms with Crippen LogP contribution in [-0.4, -0.2) is 54.1 Å². The van der Waals surface area contributed by atoms with Gasteiger partial charge in [-0.3, -0.25) is 9.59 Å². The van der Waals surface area contributed by atoms with E-state index in [0.717, 1.165) is 16.2 Å². The van der Waals surface area contributed by atoms with Gasteiger partial charge in [-0.05, 0) is 24.4 Å². The predicted molar refractivity (Wildman–Crippen MR) is 106 cm³/mol. The predicted octanol–water partition coefficient (Wildman–Crippen LogP) is 3.49. The number of carbonyl (C=O) groups is 2. The normalized spacial score (nSPS) is 16.8. The largest absolute Gasteiger partial charge is 0.496 e. The van der Waals surface area contributed by atoms with Gasteiger partial charge in [-0.25, -0.2) is 0 Å². The van der Waals surface area contributed by atoms with Gasteiger partial charge in [0, 0.05) is 25.2 Å². The van der Waals surface area contributed by atoms with Crippen LogP contribution in [0.15, 0.2) is 41.8 Å². The fourth-order valence-corrected chi connectivity index (χ4v) is 4.95. The smallest absolute Gasteiger partial charge is 0.263 e. The zero-order valence-corrected chi connectivity index (χ0v) is 16.5. The molecule has 2 heterocycles. The molecule has 5 nitrogen and oxygen atoms in total.